The Hall–Kier alpha value is -2.86. The van der Waals surface area contributed by atoms with Crippen LogP contribution in [0.3, 0.4) is 0 Å². The van der Waals surface area contributed by atoms with Crippen LogP contribution in [0.4, 0.5) is 0 Å². The third kappa shape index (κ3) is 5.31. The average Bonchev–Trinajstić information content (AvgIpc) is 2.62. The number of nitrogens with one attached hydrogen (secondary N) is 1. The molecule has 1 amide bonds. The van der Waals surface area contributed by atoms with E-state index in [9.17, 15) is 14.4 Å². The topological polar surface area (TPSA) is 92.7 Å². The number of hydrogen-bond donors (Lipinski definition) is 2. The number of ether oxygens (including phenoxy) is 1. The van der Waals surface area contributed by atoms with Gasteiger partial charge in [0.1, 0.15) is 11.8 Å². The summed E-state index contributed by atoms with van der Waals surface area (Å²) in [7, 11) is 0. The van der Waals surface area contributed by atoms with Crippen molar-refractivity contribution in [1.82, 2.24) is 5.32 Å². The van der Waals surface area contributed by atoms with Gasteiger partial charge in [0.05, 0.1) is 0 Å². The second-order valence-corrected chi connectivity index (χ2v) is 6.94. The summed E-state index contributed by atoms with van der Waals surface area (Å²) in [5.74, 6) is -1.47. The van der Waals surface area contributed by atoms with Gasteiger partial charge in [0, 0.05) is 16.1 Å². The van der Waals surface area contributed by atoms with Gasteiger partial charge < -0.3 is 15.2 Å². The van der Waals surface area contributed by atoms with E-state index < -0.39 is 23.5 Å². The summed E-state index contributed by atoms with van der Waals surface area (Å²) in [6.45, 7) is 4.43. The van der Waals surface area contributed by atoms with Crippen LogP contribution in [0.15, 0.2) is 48.5 Å². The van der Waals surface area contributed by atoms with E-state index in [2.05, 4.69) is 5.32 Å². The molecule has 0 radical (unpaired) electrons. The van der Waals surface area contributed by atoms with Gasteiger partial charge in [-0.25, -0.2) is 0 Å². The molecule has 0 aliphatic rings. The first-order chi connectivity index (χ1) is 12.6. The molecule has 2 rings (SSSR count). The molecule has 2 N–H and O–H groups in total. The van der Waals surface area contributed by atoms with Crippen molar-refractivity contribution in [2.75, 3.05) is 0 Å². The van der Waals surface area contributed by atoms with Gasteiger partial charge in [0.2, 0.25) is 0 Å². The Labute approximate surface area is 162 Å². The van der Waals surface area contributed by atoms with Crippen LogP contribution in [0.5, 0.6) is 5.75 Å². The summed E-state index contributed by atoms with van der Waals surface area (Å²) < 4.78 is 5.67. The molecule has 142 valence electrons. The fourth-order valence-corrected chi connectivity index (χ4v) is 2.34. The van der Waals surface area contributed by atoms with Crippen molar-refractivity contribution in [3.8, 4) is 5.75 Å². The van der Waals surface area contributed by atoms with E-state index in [1.54, 1.807) is 48.5 Å². The highest BCUT2D eigenvalue weighted by molar-refractivity contribution is 6.30. The molecule has 0 bridgehead atoms. The van der Waals surface area contributed by atoms with Crippen molar-refractivity contribution in [3.63, 3.8) is 0 Å². The Bertz CT molecular complexity index is 844. The highest BCUT2D eigenvalue weighted by atomic mass is 35.5. The molecule has 0 saturated carbocycles. The van der Waals surface area contributed by atoms with Crippen molar-refractivity contribution in [2.45, 2.75) is 32.4 Å². The Morgan fingerprint density at radius 1 is 1.00 bits per heavy atom. The zero-order valence-corrected chi connectivity index (χ0v) is 15.9. The first kappa shape index (κ1) is 20.5. The van der Waals surface area contributed by atoms with Crippen LogP contribution < -0.4 is 10.1 Å². The maximum absolute atomic E-state index is 12.4. The van der Waals surface area contributed by atoms with Crippen LogP contribution in [-0.4, -0.2) is 34.4 Å². The fraction of sp³-hybridized carbons (Fsp3) is 0.250. The molecular formula is C20H20ClNO5. The quantitative estimate of drug-likeness (QED) is 0.708. The first-order valence-corrected chi connectivity index (χ1v) is 8.61. The molecule has 27 heavy (non-hydrogen) atoms. The molecule has 1 atom stereocenters. The Balaban J connectivity index is 2.08. The molecule has 0 fully saturated rings. The summed E-state index contributed by atoms with van der Waals surface area (Å²) in [5, 5.41) is 11.8. The first-order valence-electron chi connectivity index (χ1n) is 8.23. The molecule has 0 aliphatic heterocycles. The molecule has 0 saturated heterocycles. The van der Waals surface area contributed by atoms with Crippen LogP contribution >= 0.6 is 11.6 Å². The summed E-state index contributed by atoms with van der Waals surface area (Å²) in [6.07, 6.45) is 0. The van der Waals surface area contributed by atoms with E-state index in [0.29, 0.717) is 21.9 Å². The molecule has 7 heteroatoms. The number of carbonyl (C=O) groups is 3. The van der Waals surface area contributed by atoms with Crippen LogP contribution in [0.25, 0.3) is 0 Å². The molecule has 0 unspecified atom stereocenters. The number of benzene rings is 2. The van der Waals surface area contributed by atoms with E-state index in [-0.39, 0.29) is 5.78 Å². The number of carbonyl (C=O) groups excluding carboxylic acids is 2. The monoisotopic (exact) mass is 389 g/mol. The predicted molar refractivity (Wildman–Crippen MR) is 101 cm³/mol. The lowest BCUT2D eigenvalue weighted by Crippen LogP contribution is -2.51. The standard InChI is InChI=1S/C20H20ClNO5/c1-12(18(24)25)22-19(26)20(2,3)27-16-10-6-14(7-11-16)17(23)13-4-8-15(21)9-5-13/h4-12H,1-3H3,(H,22,26)(H,24,25)/t12-/m1/s1. The van der Waals surface area contributed by atoms with Crippen LogP contribution in [-0.2, 0) is 9.59 Å². The Morgan fingerprint density at radius 3 is 1.96 bits per heavy atom. The van der Waals surface area contributed by atoms with Gasteiger partial charge in [0.15, 0.2) is 11.4 Å². The number of carboxylic acids is 1. The minimum Gasteiger partial charge on any atom is -0.480 e. The van der Waals surface area contributed by atoms with Crippen molar-refractivity contribution < 1.29 is 24.2 Å². The maximum atomic E-state index is 12.4. The largest absolute Gasteiger partial charge is 0.480 e. The van der Waals surface area contributed by atoms with Gasteiger partial charge in [-0.3, -0.25) is 14.4 Å². The number of aliphatic carboxylic acids is 1. The van der Waals surface area contributed by atoms with Gasteiger partial charge in [0.25, 0.3) is 5.91 Å². The van der Waals surface area contributed by atoms with Gasteiger partial charge in [-0.05, 0) is 69.3 Å². The molecule has 2 aromatic rings. The lowest BCUT2D eigenvalue weighted by molar-refractivity contribution is -0.144. The zero-order valence-electron chi connectivity index (χ0n) is 15.2. The molecular weight excluding hydrogens is 370 g/mol. The number of halogens is 1. The van der Waals surface area contributed by atoms with E-state index in [1.807, 2.05) is 0 Å². The number of rotatable bonds is 7. The summed E-state index contributed by atoms with van der Waals surface area (Å²) in [5.41, 5.74) is -0.312. The van der Waals surface area contributed by atoms with E-state index >= 15 is 0 Å². The summed E-state index contributed by atoms with van der Waals surface area (Å²) in [6, 6.07) is 11.9. The lowest BCUT2D eigenvalue weighted by Gasteiger charge is -2.26. The van der Waals surface area contributed by atoms with Crippen molar-refractivity contribution in [3.05, 3.63) is 64.7 Å². The van der Waals surface area contributed by atoms with E-state index in [1.165, 1.54) is 20.8 Å². The SMILES string of the molecule is C[C@@H](NC(=O)C(C)(C)Oc1ccc(C(=O)c2ccc(Cl)cc2)cc1)C(=O)O. The normalized spacial score (nSPS) is 12.1. The smallest absolute Gasteiger partial charge is 0.325 e. The highest BCUT2D eigenvalue weighted by Crippen LogP contribution is 2.21. The van der Waals surface area contributed by atoms with Gasteiger partial charge in [-0.2, -0.15) is 0 Å². The second kappa shape index (κ2) is 8.22. The number of ketones is 1. The average molecular weight is 390 g/mol. The van der Waals surface area contributed by atoms with Gasteiger partial charge in [-0.15, -0.1) is 0 Å². The third-order valence-electron chi connectivity index (χ3n) is 3.86. The number of carboxylic acid groups (broad SMARTS) is 1. The maximum Gasteiger partial charge on any atom is 0.325 e. The van der Waals surface area contributed by atoms with E-state index in [4.69, 9.17) is 21.4 Å². The van der Waals surface area contributed by atoms with Gasteiger partial charge >= 0.3 is 5.97 Å². The van der Waals surface area contributed by atoms with Crippen molar-refractivity contribution >= 4 is 29.3 Å². The van der Waals surface area contributed by atoms with Crippen LogP contribution in [0.1, 0.15) is 36.7 Å². The lowest BCUT2D eigenvalue weighted by atomic mass is 10.0. The predicted octanol–water partition coefficient (Wildman–Crippen LogP) is 3.32. The molecule has 6 nitrogen and oxygen atoms in total. The highest BCUT2D eigenvalue weighted by Gasteiger charge is 2.32. The third-order valence-corrected chi connectivity index (χ3v) is 4.11. The molecule has 2 aromatic carbocycles. The van der Waals surface area contributed by atoms with Crippen LogP contribution in [0, 0.1) is 0 Å². The number of amides is 1. The Morgan fingerprint density at radius 2 is 1.48 bits per heavy atom. The van der Waals surface area contributed by atoms with Gasteiger partial charge in [-0.1, -0.05) is 11.6 Å². The minimum absolute atomic E-state index is 0.162. The zero-order chi connectivity index (χ0) is 20.2. The summed E-state index contributed by atoms with van der Waals surface area (Å²) >= 11 is 5.83. The van der Waals surface area contributed by atoms with Crippen molar-refractivity contribution in [2.24, 2.45) is 0 Å². The van der Waals surface area contributed by atoms with Crippen molar-refractivity contribution in [1.29, 1.82) is 0 Å². The van der Waals surface area contributed by atoms with E-state index in [0.717, 1.165) is 0 Å². The number of hydrogen-bond acceptors (Lipinski definition) is 4. The summed E-state index contributed by atoms with van der Waals surface area (Å²) in [4.78, 5) is 35.5. The molecule has 0 heterocycles. The second-order valence-electron chi connectivity index (χ2n) is 6.51. The Kier molecular flexibility index (Phi) is 6.23. The minimum atomic E-state index is -1.29. The van der Waals surface area contributed by atoms with Crippen LogP contribution in [0.2, 0.25) is 5.02 Å². The molecule has 0 aromatic heterocycles. The fourth-order valence-electron chi connectivity index (χ4n) is 2.22. The molecule has 0 spiro atoms. The molecule has 0 aliphatic carbocycles.